The van der Waals surface area contributed by atoms with Crippen LogP contribution in [0.2, 0.25) is 0 Å². The van der Waals surface area contributed by atoms with Gasteiger partial charge in [-0.15, -0.1) is 0 Å². The largest absolute Gasteiger partial charge is 0.444 e. The van der Waals surface area contributed by atoms with Crippen LogP contribution in [-0.2, 0) is 30.0 Å². The molecule has 0 radical (unpaired) electrons. The molecule has 0 spiro atoms. The summed E-state index contributed by atoms with van der Waals surface area (Å²) in [5.74, 6) is -0.990. The quantitative estimate of drug-likeness (QED) is 0.194. The zero-order valence-electron chi connectivity index (χ0n) is 26.9. The molecule has 1 fully saturated rings. The van der Waals surface area contributed by atoms with E-state index in [4.69, 9.17) is 14.2 Å². The highest BCUT2D eigenvalue weighted by Gasteiger charge is 2.30. The summed E-state index contributed by atoms with van der Waals surface area (Å²) in [6.45, 7) is 8.75. The molecule has 1 aliphatic heterocycles. The molecule has 1 heterocycles. The number of morpholine rings is 1. The molecule has 3 aromatic rings. The van der Waals surface area contributed by atoms with Crippen LogP contribution >= 0.6 is 0 Å². The number of hydrogen-bond donors (Lipinski definition) is 3. The first-order valence-corrected chi connectivity index (χ1v) is 15.3. The van der Waals surface area contributed by atoms with Crippen molar-refractivity contribution in [1.82, 2.24) is 4.90 Å². The fourth-order valence-corrected chi connectivity index (χ4v) is 4.64. The molecule has 3 N–H and O–H groups in total. The smallest absolute Gasteiger partial charge is 0.416 e. The minimum atomic E-state index is -4.49. The Morgan fingerprint density at radius 1 is 0.875 bits per heavy atom. The van der Waals surface area contributed by atoms with Crippen LogP contribution in [0.1, 0.15) is 43.6 Å². The predicted molar refractivity (Wildman–Crippen MR) is 176 cm³/mol. The zero-order chi connectivity index (χ0) is 34.7. The van der Waals surface area contributed by atoms with Crippen molar-refractivity contribution in [1.29, 1.82) is 0 Å². The molecule has 256 valence electrons. The summed E-state index contributed by atoms with van der Waals surface area (Å²) in [7, 11) is 0. The highest BCUT2D eigenvalue weighted by molar-refractivity contribution is 6.05. The fraction of sp³-hybridized carbons (Fsp3) is 0.343. The topological polar surface area (TPSA) is 118 Å². The number of carbonyl (C=O) groups is 3. The molecule has 0 aromatic heterocycles. The van der Waals surface area contributed by atoms with E-state index in [1.165, 1.54) is 18.2 Å². The maximum Gasteiger partial charge on any atom is 0.416 e. The number of ether oxygens (including phenoxy) is 3. The van der Waals surface area contributed by atoms with Crippen molar-refractivity contribution in [3.05, 3.63) is 95.6 Å². The molecule has 3 amide bonds. The van der Waals surface area contributed by atoms with E-state index in [-0.39, 0.29) is 12.3 Å². The number of anilines is 3. The monoisotopic (exact) mass is 668 g/mol. The average Bonchev–Trinajstić information content (AvgIpc) is 3.03. The van der Waals surface area contributed by atoms with Gasteiger partial charge in [0.15, 0.2) is 6.10 Å². The second-order valence-electron chi connectivity index (χ2n) is 11.9. The number of halogens is 3. The first-order chi connectivity index (χ1) is 22.8. The van der Waals surface area contributed by atoms with Crippen molar-refractivity contribution in [3.8, 4) is 0 Å². The Hall–Kier alpha value is -4.72. The van der Waals surface area contributed by atoms with Crippen LogP contribution < -0.4 is 16.0 Å². The Morgan fingerprint density at radius 3 is 2.10 bits per heavy atom. The van der Waals surface area contributed by atoms with Crippen molar-refractivity contribution in [2.75, 3.05) is 55.4 Å². The van der Waals surface area contributed by atoms with Crippen molar-refractivity contribution in [2.24, 2.45) is 0 Å². The average molecular weight is 669 g/mol. The first kappa shape index (κ1) is 36.1. The molecule has 10 nitrogen and oxygen atoms in total. The number of amides is 3. The van der Waals surface area contributed by atoms with E-state index < -0.39 is 41.4 Å². The number of rotatable bonds is 11. The third-order valence-electron chi connectivity index (χ3n) is 7.00. The summed E-state index contributed by atoms with van der Waals surface area (Å²) < 4.78 is 55.7. The molecule has 48 heavy (non-hydrogen) atoms. The van der Waals surface area contributed by atoms with E-state index in [2.05, 4.69) is 20.9 Å². The van der Waals surface area contributed by atoms with Gasteiger partial charge in [-0.1, -0.05) is 36.4 Å². The predicted octanol–water partition coefficient (Wildman–Crippen LogP) is 6.73. The van der Waals surface area contributed by atoms with E-state index in [1.807, 2.05) is 0 Å². The van der Waals surface area contributed by atoms with Gasteiger partial charge in [-0.05, 0) is 74.4 Å². The van der Waals surface area contributed by atoms with Gasteiger partial charge in [0.1, 0.15) is 5.60 Å². The third kappa shape index (κ3) is 11.5. The van der Waals surface area contributed by atoms with Crippen molar-refractivity contribution in [2.45, 2.75) is 38.7 Å². The van der Waals surface area contributed by atoms with Crippen molar-refractivity contribution in [3.63, 3.8) is 0 Å². The normalized spacial score (nSPS) is 14.7. The maximum absolute atomic E-state index is 13.3. The minimum absolute atomic E-state index is 0.197. The highest BCUT2D eigenvalue weighted by Crippen LogP contribution is 2.30. The lowest BCUT2D eigenvalue weighted by Gasteiger charge is -2.27. The molecule has 13 heteroatoms. The van der Waals surface area contributed by atoms with Crippen LogP contribution in [0.4, 0.5) is 35.0 Å². The van der Waals surface area contributed by atoms with Gasteiger partial charge >= 0.3 is 12.3 Å². The van der Waals surface area contributed by atoms with Gasteiger partial charge in [-0.2, -0.15) is 13.2 Å². The number of hydrogen-bond acceptors (Lipinski definition) is 7. The Balaban J connectivity index is 1.41. The number of carbonyl (C=O) groups excluding carboxylic acids is 3. The SMILES string of the molecule is CC(C)(C)OC(=O)Nc1ccccc1NC(=O)C=Cc1ccc(C(OCCN2CCOCC2)C(=O)Nc2ccc(C(F)(F)F)cc2)cc1. The lowest BCUT2D eigenvalue weighted by Crippen LogP contribution is -2.38. The minimum Gasteiger partial charge on any atom is -0.444 e. The molecule has 0 bridgehead atoms. The highest BCUT2D eigenvalue weighted by atomic mass is 19.4. The van der Waals surface area contributed by atoms with Crippen molar-refractivity contribution < 1.29 is 41.8 Å². The second-order valence-corrected chi connectivity index (χ2v) is 11.9. The summed E-state index contributed by atoms with van der Waals surface area (Å²) >= 11 is 0. The standard InChI is InChI=1S/C35H39F3N4O6/c1-34(2,3)48-33(45)41-29-7-5-4-6-28(29)40-30(43)17-10-24-8-11-25(12-9-24)31(47-23-20-42-18-21-46-22-19-42)32(44)39-27-15-13-26(14-16-27)35(36,37)38/h4-17,31H,18-23H2,1-3H3,(H,39,44)(H,40,43)(H,41,45). The third-order valence-corrected chi connectivity index (χ3v) is 7.00. The second kappa shape index (κ2) is 16.4. The maximum atomic E-state index is 13.3. The van der Waals surface area contributed by atoms with Crippen LogP contribution in [0.25, 0.3) is 6.08 Å². The zero-order valence-corrected chi connectivity index (χ0v) is 26.9. The van der Waals surface area contributed by atoms with Gasteiger partial charge in [0.05, 0.1) is 36.8 Å². The Labute approximate surface area is 277 Å². The molecule has 1 saturated heterocycles. The summed E-state index contributed by atoms with van der Waals surface area (Å²) in [6.07, 6.45) is -3.29. The molecule has 0 saturated carbocycles. The van der Waals surface area contributed by atoms with Gasteiger partial charge in [-0.25, -0.2) is 4.79 Å². The van der Waals surface area contributed by atoms with Crippen molar-refractivity contribution >= 4 is 41.0 Å². The van der Waals surface area contributed by atoms with E-state index in [1.54, 1.807) is 75.4 Å². The molecule has 1 atom stereocenters. The van der Waals surface area contributed by atoms with Crippen LogP contribution in [0.3, 0.4) is 0 Å². The van der Waals surface area contributed by atoms with E-state index >= 15 is 0 Å². The molecular formula is C35H39F3N4O6. The van der Waals surface area contributed by atoms with E-state index in [0.717, 1.165) is 25.2 Å². The summed E-state index contributed by atoms with van der Waals surface area (Å²) in [6, 6.07) is 17.7. The number of benzene rings is 3. The molecule has 1 aliphatic rings. The molecule has 3 aromatic carbocycles. The summed E-state index contributed by atoms with van der Waals surface area (Å²) in [4.78, 5) is 40.4. The molecular weight excluding hydrogens is 629 g/mol. The lowest BCUT2D eigenvalue weighted by atomic mass is 10.1. The summed E-state index contributed by atoms with van der Waals surface area (Å²) in [5.41, 5.74) is 0.609. The lowest BCUT2D eigenvalue weighted by molar-refractivity contribution is -0.137. The molecule has 1 unspecified atom stereocenters. The molecule has 0 aliphatic carbocycles. The van der Waals surface area contributed by atoms with Gasteiger partial charge < -0.3 is 24.8 Å². The van der Waals surface area contributed by atoms with Crippen LogP contribution in [-0.4, -0.2) is 67.9 Å². The number of para-hydroxylation sites is 2. The number of nitrogens with one attached hydrogen (secondary N) is 3. The summed E-state index contributed by atoms with van der Waals surface area (Å²) in [5, 5.41) is 8.01. The van der Waals surface area contributed by atoms with Gasteiger partial charge in [-0.3, -0.25) is 19.8 Å². The fourth-order valence-electron chi connectivity index (χ4n) is 4.64. The van der Waals surface area contributed by atoms with Gasteiger partial charge in [0.2, 0.25) is 5.91 Å². The van der Waals surface area contributed by atoms with E-state index in [0.29, 0.717) is 42.3 Å². The Bertz CT molecular complexity index is 1560. The van der Waals surface area contributed by atoms with Gasteiger partial charge in [0.25, 0.3) is 5.91 Å². The van der Waals surface area contributed by atoms with Crippen LogP contribution in [0, 0.1) is 0 Å². The number of alkyl halides is 3. The molecule has 4 rings (SSSR count). The van der Waals surface area contributed by atoms with E-state index in [9.17, 15) is 27.6 Å². The first-order valence-electron chi connectivity index (χ1n) is 15.3. The Kier molecular flexibility index (Phi) is 12.3. The van der Waals surface area contributed by atoms with Crippen LogP contribution in [0.15, 0.2) is 78.9 Å². The number of nitrogens with zero attached hydrogens (tertiary/aromatic N) is 1. The van der Waals surface area contributed by atoms with Gasteiger partial charge in [0, 0.05) is 31.4 Å². The Morgan fingerprint density at radius 2 is 1.50 bits per heavy atom. The van der Waals surface area contributed by atoms with Crippen LogP contribution in [0.5, 0.6) is 0 Å².